The Labute approximate surface area is 135 Å². The highest BCUT2D eigenvalue weighted by Crippen LogP contribution is 2.16. The zero-order valence-electron chi connectivity index (χ0n) is 13.1. The van der Waals surface area contributed by atoms with E-state index in [0.717, 1.165) is 18.4 Å². The smallest absolute Gasteiger partial charge is 0.244 e. The minimum absolute atomic E-state index is 0.226. The number of halogens is 1. The molecule has 0 bridgehead atoms. The molecule has 0 saturated carbocycles. The zero-order valence-corrected chi connectivity index (χ0v) is 13.1. The monoisotopic (exact) mass is 313 g/mol. The van der Waals surface area contributed by atoms with E-state index in [4.69, 9.17) is 0 Å². The number of rotatable bonds is 6. The molecule has 2 rings (SSSR count). The molecule has 0 aliphatic carbocycles. The van der Waals surface area contributed by atoms with Gasteiger partial charge in [-0.2, -0.15) is 0 Å². The second kappa shape index (κ2) is 8.13. The van der Waals surface area contributed by atoms with E-state index in [1.165, 1.54) is 12.1 Å². The van der Waals surface area contributed by atoms with Crippen LogP contribution in [0.2, 0.25) is 0 Å². The van der Waals surface area contributed by atoms with E-state index in [-0.39, 0.29) is 17.5 Å². The third-order valence-electron chi connectivity index (χ3n) is 3.52. The van der Waals surface area contributed by atoms with Crippen LogP contribution in [-0.2, 0) is 11.2 Å². The molecule has 0 aliphatic rings. The number of phenols is 1. The van der Waals surface area contributed by atoms with Crippen LogP contribution >= 0.6 is 0 Å². The minimum atomic E-state index is -0.332. The van der Waals surface area contributed by atoms with Gasteiger partial charge in [-0.25, -0.2) is 4.39 Å². The van der Waals surface area contributed by atoms with Crippen molar-refractivity contribution in [3.05, 3.63) is 71.6 Å². The summed E-state index contributed by atoms with van der Waals surface area (Å²) < 4.78 is 13.6. The van der Waals surface area contributed by atoms with E-state index >= 15 is 0 Å². The topological polar surface area (TPSA) is 49.3 Å². The highest BCUT2D eigenvalue weighted by Gasteiger charge is 2.05. The van der Waals surface area contributed by atoms with Crippen molar-refractivity contribution in [3.63, 3.8) is 0 Å². The maximum Gasteiger partial charge on any atom is 0.244 e. The van der Waals surface area contributed by atoms with E-state index in [1.54, 1.807) is 37.3 Å². The molecule has 0 saturated heterocycles. The molecule has 2 aromatic carbocycles. The first-order chi connectivity index (χ1) is 11.1. The van der Waals surface area contributed by atoms with Crippen molar-refractivity contribution in [1.29, 1.82) is 0 Å². The number of amides is 1. The molecule has 2 aromatic rings. The van der Waals surface area contributed by atoms with Gasteiger partial charge in [-0.05, 0) is 49.1 Å². The van der Waals surface area contributed by atoms with E-state index in [0.29, 0.717) is 17.7 Å². The molecule has 0 radical (unpaired) electrons. The van der Waals surface area contributed by atoms with Gasteiger partial charge < -0.3 is 10.4 Å². The molecule has 0 unspecified atom stereocenters. The lowest BCUT2D eigenvalue weighted by atomic mass is 10.1. The first-order valence-corrected chi connectivity index (χ1v) is 7.55. The summed E-state index contributed by atoms with van der Waals surface area (Å²) in [6, 6.07) is 13.4. The Balaban J connectivity index is 1.79. The van der Waals surface area contributed by atoms with E-state index in [9.17, 15) is 14.3 Å². The van der Waals surface area contributed by atoms with Gasteiger partial charge in [0.2, 0.25) is 5.91 Å². The normalized spacial score (nSPS) is 11.3. The standard InChI is InChI=1S/C19H20FNO2/c1-14(17-6-2-3-7-18(17)20)13-19(23)21-12-4-5-15-8-10-16(22)11-9-15/h2-3,6-11,13,22H,4-5,12H2,1H3,(H,21,23)/b14-13-. The molecular formula is C19H20FNO2. The molecule has 0 heterocycles. The summed E-state index contributed by atoms with van der Waals surface area (Å²) in [5.41, 5.74) is 2.14. The molecule has 1 amide bonds. The summed E-state index contributed by atoms with van der Waals surface area (Å²) in [5.74, 6) is -0.311. The average molecular weight is 313 g/mol. The number of carbonyl (C=O) groups is 1. The molecule has 0 fully saturated rings. The predicted octanol–water partition coefficient (Wildman–Crippen LogP) is 3.68. The lowest BCUT2D eigenvalue weighted by Crippen LogP contribution is -2.22. The van der Waals surface area contributed by atoms with Gasteiger partial charge >= 0.3 is 0 Å². The Morgan fingerprint density at radius 2 is 1.87 bits per heavy atom. The number of nitrogens with one attached hydrogen (secondary N) is 1. The summed E-state index contributed by atoms with van der Waals surface area (Å²) in [5, 5.41) is 12.0. The molecule has 3 nitrogen and oxygen atoms in total. The van der Waals surface area contributed by atoms with Crippen LogP contribution in [0, 0.1) is 5.82 Å². The highest BCUT2D eigenvalue weighted by atomic mass is 19.1. The van der Waals surface area contributed by atoms with Crippen LogP contribution in [0.25, 0.3) is 5.57 Å². The number of carbonyl (C=O) groups excluding carboxylic acids is 1. The maximum absolute atomic E-state index is 13.6. The van der Waals surface area contributed by atoms with E-state index < -0.39 is 0 Å². The quantitative estimate of drug-likeness (QED) is 0.631. The Morgan fingerprint density at radius 3 is 2.57 bits per heavy atom. The predicted molar refractivity (Wildman–Crippen MR) is 89.5 cm³/mol. The summed E-state index contributed by atoms with van der Waals surface area (Å²) in [7, 11) is 0. The van der Waals surface area contributed by atoms with Crippen LogP contribution in [0.1, 0.15) is 24.5 Å². The van der Waals surface area contributed by atoms with Gasteiger partial charge in [0.25, 0.3) is 0 Å². The van der Waals surface area contributed by atoms with Gasteiger partial charge in [0.05, 0.1) is 0 Å². The third kappa shape index (κ3) is 5.25. The number of allylic oxidation sites excluding steroid dienone is 1. The number of benzene rings is 2. The molecule has 0 aliphatic heterocycles. The molecule has 23 heavy (non-hydrogen) atoms. The van der Waals surface area contributed by atoms with Crippen LogP contribution in [0.4, 0.5) is 4.39 Å². The van der Waals surface area contributed by atoms with Crippen LogP contribution < -0.4 is 5.32 Å². The third-order valence-corrected chi connectivity index (χ3v) is 3.52. The molecule has 0 aromatic heterocycles. The number of aryl methyl sites for hydroxylation is 1. The summed E-state index contributed by atoms with van der Waals surface area (Å²) in [6.45, 7) is 2.26. The fourth-order valence-corrected chi connectivity index (χ4v) is 2.27. The highest BCUT2D eigenvalue weighted by molar-refractivity contribution is 5.94. The zero-order chi connectivity index (χ0) is 16.7. The molecule has 2 N–H and O–H groups in total. The van der Waals surface area contributed by atoms with Crippen LogP contribution in [0.15, 0.2) is 54.6 Å². The van der Waals surface area contributed by atoms with Crippen molar-refractivity contribution in [3.8, 4) is 5.75 Å². The van der Waals surface area contributed by atoms with Crippen molar-refractivity contribution >= 4 is 11.5 Å². The van der Waals surface area contributed by atoms with Crippen molar-refractivity contribution in [2.45, 2.75) is 19.8 Å². The van der Waals surface area contributed by atoms with Gasteiger partial charge in [-0.1, -0.05) is 30.3 Å². The summed E-state index contributed by atoms with van der Waals surface area (Å²) in [6.07, 6.45) is 3.03. The number of aromatic hydroxyl groups is 1. The lowest BCUT2D eigenvalue weighted by Gasteiger charge is -2.05. The molecule has 120 valence electrons. The van der Waals surface area contributed by atoms with Crippen molar-refractivity contribution < 1.29 is 14.3 Å². The number of hydrogen-bond donors (Lipinski definition) is 2. The van der Waals surface area contributed by atoms with Gasteiger partial charge in [0, 0.05) is 18.2 Å². The van der Waals surface area contributed by atoms with E-state index in [2.05, 4.69) is 5.32 Å². The van der Waals surface area contributed by atoms with Gasteiger partial charge in [0.15, 0.2) is 0 Å². The SMILES string of the molecule is C/C(=C/C(=O)NCCCc1ccc(O)cc1)c1ccccc1F. The first-order valence-electron chi connectivity index (χ1n) is 7.55. The Bertz CT molecular complexity index is 693. The second-order valence-corrected chi connectivity index (χ2v) is 5.37. The number of phenolic OH excluding ortho intramolecular Hbond substituents is 1. The van der Waals surface area contributed by atoms with E-state index in [1.807, 2.05) is 12.1 Å². The van der Waals surface area contributed by atoms with Crippen molar-refractivity contribution in [2.75, 3.05) is 6.54 Å². The van der Waals surface area contributed by atoms with Gasteiger partial charge in [-0.3, -0.25) is 4.79 Å². The molecule has 0 spiro atoms. The van der Waals surface area contributed by atoms with Gasteiger partial charge in [-0.15, -0.1) is 0 Å². The van der Waals surface area contributed by atoms with Crippen molar-refractivity contribution in [2.24, 2.45) is 0 Å². The molecular weight excluding hydrogens is 293 g/mol. The number of hydrogen-bond acceptors (Lipinski definition) is 2. The van der Waals surface area contributed by atoms with Crippen molar-refractivity contribution in [1.82, 2.24) is 5.32 Å². The Kier molecular flexibility index (Phi) is 5.92. The lowest BCUT2D eigenvalue weighted by molar-refractivity contribution is -0.116. The second-order valence-electron chi connectivity index (χ2n) is 5.37. The fourth-order valence-electron chi connectivity index (χ4n) is 2.27. The first kappa shape index (κ1) is 16.7. The molecule has 4 heteroatoms. The average Bonchev–Trinajstić information content (AvgIpc) is 2.53. The molecule has 0 atom stereocenters. The summed E-state index contributed by atoms with van der Waals surface area (Å²) in [4.78, 5) is 11.9. The van der Waals surface area contributed by atoms with Crippen LogP contribution in [-0.4, -0.2) is 17.6 Å². The Morgan fingerprint density at radius 1 is 1.17 bits per heavy atom. The van der Waals surface area contributed by atoms with Gasteiger partial charge in [0.1, 0.15) is 11.6 Å². The maximum atomic E-state index is 13.6. The van der Waals surface area contributed by atoms with Crippen LogP contribution in [0.3, 0.4) is 0 Å². The van der Waals surface area contributed by atoms with Crippen LogP contribution in [0.5, 0.6) is 5.75 Å². The Hall–Kier alpha value is -2.62. The largest absolute Gasteiger partial charge is 0.508 e. The fraction of sp³-hybridized carbons (Fsp3) is 0.211. The minimum Gasteiger partial charge on any atom is -0.508 e. The summed E-state index contributed by atoms with van der Waals surface area (Å²) >= 11 is 0.